The lowest BCUT2D eigenvalue weighted by atomic mass is 10.1. The number of benzene rings is 1. The number of hydrogen-bond donors (Lipinski definition) is 0. The Bertz CT molecular complexity index is 558. The summed E-state index contributed by atoms with van der Waals surface area (Å²) in [5.41, 5.74) is -0.364. The number of nitro benzene ring substituents is 1. The van der Waals surface area contributed by atoms with E-state index < -0.39 is 10.9 Å². The summed E-state index contributed by atoms with van der Waals surface area (Å²) in [6.45, 7) is 1.73. The van der Waals surface area contributed by atoms with Crippen LogP contribution in [0.5, 0.6) is 5.75 Å². The Morgan fingerprint density at radius 2 is 2.24 bits per heavy atom. The molecule has 1 aromatic rings. The maximum absolute atomic E-state index is 11.5. The Morgan fingerprint density at radius 3 is 2.76 bits per heavy atom. The number of carbonyl (C=O) groups excluding carboxylic acids is 1. The fourth-order valence-electron chi connectivity index (χ4n) is 1.84. The molecular weight excluding hydrogens is 302 g/mol. The first-order valence-electron chi connectivity index (χ1n) is 6.29. The molecule has 1 saturated heterocycles. The minimum Gasteiger partial charge on any atom is -0.492 e. The van der Waals surface area contributed by atoms with E-state index in [1.807, 2.05) is 0 Å². The molecule has 1 aliphatic rings. The molecule has 0 N–H and O–H groups in total. The normalized spacial score (nSPS) is 14.4. The first-order chi connectivity index (χ1) is 10.0. The van der Waals surface area contributed by atoms with Crippen LogP contribution in [-0.4, -0.2) is 37.8 Å². The molecule has 114 valence electrons. The van der Waals surface area contributed by atoms with Crippen molar-refractivity contribution in [2.45, 2.75) is 6.42 Å². The first-order valence-corrected chi connectivity index (χ1v) is 6.67. The van der Waals surface area contributed by atoms with Gasteiger partial charge in [-0.05, 0) is 12.5 Å². The third kappa shape index (κ3) is 3.62. The van der Waals surface area contributed by atoms with Crippen LogP contribution in [0.25, 0.3) is 0 Å². The van der Waals surface area contributed by atoms with Crippen LogP contribution in [0.15, 0.2) is 12.1 Å². The van der Waals surface area contributed by atoms with E-state index in [1.165, 1.54) is 13.2 Å². The summed E-state index contributed by atoms with van der Waals surface area (Å²) in [6, 6.07) is 2.42. The van der Waals surface area contributed by atoms with Crippen molar-refractivity contribution >= 4 is 23.3 Å². The number of carbonyl (C=O) groups is 1. The summed E-state index contributed by atoms with van der Waals surface area (Å²) in [6.07, 6.45) is 0.757. The summed E-state index contributed by atoms with van der Waals surface area (Å²) < 4.78 is 15.1. The Hall–Kier alpha value is -1.86. The van der Waals surface area contributed by atoms with Gasteiger partial charge >= 0.3 is 5.97 Å². The van der Waals surface area contributed by atoms with E-state index in [2.05, 4.69) is 4.74 Å². The molecule has 0 spiro atoms. The van der Waals surface area contributed by atoms with Crippen LogP contribution in [-0.2, 0) is 9.47 Å². The second kappa shape index (κ2) is 6.73. The predicted molar refractivity (Wildman–Crippen MR) is 73.9 cm³/mol. The summed E-state index contributed by atoms with van der Waals surface area (Å²) in [5.74, 6) is -0.152. The SMILES string of the molecule is COC(=O)c1cc(OCCC2COC2)c(Cl)c([N+](=O)[O-])c1. The summed E-state index contributed by atoms with van der Waals surface area (Å²) in [7, 11) is 1.19. The molecule has 0 atom stereocenters. The summed E-state index contributed by atoms with van der Waals surface area (Å²) >= 11 is 5.94. The van der Waals surface area contributed by atoms with E-state index in [1.54, 1.807) is 0 Å². The van der Waals surface area contributed by atoms with Crippen LogP contribution in [0.2, 0.25) is 5.02 Å². The maximum atomic E-state index is 11.5. The van der Waals surface area contributed by atoms with Gasteiger partial charge in [0.25, 0.3) is 5.69 Å². The van der Waals surface area contributed by atoms with Gasteiger partial charge in [-0.15, -0.1) is 0 Å². The van der Waals surface area contributed by atoms with E-state index in [-0.39, 0.29) is 22.0 Å². The third-order valence-corrected chi connectivity index (χ3v) is 3.51. The topological polar surface area (TPSA) is 87.9 Å². The minimum absolute atomic E-state index is 0.0237. The molecular formula is C13H14ClNO6. The van der Waals surface area contributed by atoms with Crippen LogP contribution < -0.4 is 4.74 Å². The fraction of sp³-hybridized carbons (Fsp3) is 0.462. The number of ether oxygens (including phenoxy) is 3. The quantitative estimate of drug-likeness (QED) is 0.455. The summed E-state index contributed by atoms with van der Waals surface area (Å²) in [4.78, 5) is 21.8. The Morgan fingerprint density at radius 1 is 1.52 bits per heavy atom. The number of hydrogen-bond acceptors (Lipinski definition) is 6. The van der Waals surface area contributed by atoms with Gasteiger partial charge in [-0.2, -0.15) is 0 Å². The molecule has 8 heteroatoms. The van der Waals surface area contributed by atoms with Gasteiger partial charge in [-0.3, -0.25) is 10.1 Å². The Labute approximate surface area is 125 Å². The second-order valence-corrected chi connectivity index (χ2v) is 4.97. The van der Waals surface area contributed by atoms with Gasteiger partial charge < -0.3 is 14.2 Å². The highest BCUT2D eigenvalue weighted by atomic mass is 35.5. The van der Waals surface area contributed by atoms with Crippen molar-refractivity contribution in [2.24, 2.45) is 5.92 Å². The standard InChI is InChI=1S/C13H14ClNO6/c1-19-13(16)9-4-10(15(17)18)12(14)11(5-9)21-3-2-8-6-20-7-8/h4-5,8H,2-3,6-7H2,1H3. The van der Waals surface area contributed by atoms with E-state index in [0.29, 0.717) is 25.7 Å². The average molecular weight is 316 g/mol. The van der Waals surface area contributed by atoms with Gasteiger partial charge in [0.1, 0.15) is 5.75 Å². The van der Waals surface area contributed by atoms with Gasteiger partial charge in [0, 0.05) is 12.0 Å². The molecule has 0 aromatic heterocycles. The number of nitro groups is 1. The minimum atomic E-state index is -0.688. The van der Waals surface area contributed by atoms with E-state index in [9.17, 15) is 14.9 Å². The molecule has 0 amide bonds. The van der Waals surface area contributed by atoms with Gasteiger partial charge in [0.05, 0.1) is 37.4 Å². The Balaban J connectivity index is 2.18. The highest BCUT2D eigenvalue weighted by molar-refractivity contribution is 6.34. The molecule has 0 radical (unpaired) electrons. The third-order valence-electron chi connectivity index (χ3n) is 3.13. The van der Waals surface area contributed by atoms with Crippen molar-refractivity contribution in [1.29, 1.82) is 0 Å². The molecule has 7 nitrogen and oxygen atoms in total. The molecule has 1 aliphatic heterocycles. The molecule has 1 aromatic carbocycles. The molecule has 0 saturated carbocycles. The van der Waals surface area contributed by atoms with Crippen LogP contribution in [0, 0.1) is 16.0 Å². The molecule has 2 rings (SSSR count). The van der Waals surface area contributed by atoms with Crippen LogP contribution in [0.4, 0.5) is 5.69 Å². The molecule has 0 unspecified atom stereocenters. The predicted octanol–water partition coefficient (Wildman–Crippen LogP) is 2.45. The van der Waals surface area contributed by atoms with Crippen LogP contribution >= 0.6 is 11.6 Å². The number of nitrogens with zero attached hydrogens (tertiary/aromatic N) is 1. The molecule has 0 bridgehead atoms. The summed E-state index contributed by atoms with van der Waals surface area (Å²) in [5, 5.41) is 10.8. The lowest BCUT2D eigenvalue weighted by molar-refractivity contribution is -0.384. The number of esters is 1. The zero-order chi connectivity index (χ0) is 15.4. The maximum Gasteiger partial charge on any atom is 0.338 e. The van der Waals surface area contributed by atoms with Crippen molar-refractivity contribution < 1.29 is 23.9 Å². The van der Waals surface area contributed by atoms with Gasteiger partial charge in [-0.25, -0.2) is 4.79 Å². The lowest BCUT2D eigenvalue weighted by Gasteiger charge is -2.25. The molecule has 21 heavy (non-hydrogen) atoms. The van der Waals surface area contributed by atoms with E-state index in [4.69, 9.17) is 21.1 Å². The average Bonchev–Trinajstić information content (AvgIpc) is 2.41. The number of halogens is 1. The Kier molecular flexibility index (Phi) is 4.98. The number of rotatable bonds is 6. The largest absolute Gasteiger partial charge is 0.492 e. The van der Waals surface area contributed by atoms with E-state index >= 15 is 0 Å². The van der Waals surface area contributed by atoms with Gasteiger partial charge in [0.15, 0.2) is 5.02 Å². The van der Waals surface area contributed by atoms with Crippen molar-refractivity contribution in [3.05, 3.63) is 32.8 Å². The second-order valence-electron chi connectivity index (χ2n) is 4.60. The molecule has 1 heterocycles. The zero-order valence-electron chi connectivity index (χ0n) is 11.3. The molecule has 1 fully saturated rings. The first kappa shape index (κ1) is 15.5. The zero-order valence-corrected chi connectivity index (χ0v) is 12.1. The van der Waals surface area contributed by atoms with Crippen molar-refractivity contribution in [2.75, 3.05) is 26.9 Å². The highest BCUT2D eigenvalue weighted by Gasteiger charge is 2.23. The highest BCUT2D eigenvalue weighted by Crippen LogP contribution is 2.35. The monoisotopic (exact) mass is 315 g/mol. The van der Waals surface area contributed by atoms with Crippen molar-refractivity contribution in [1.82, 2.24) is 0 Å². The lowest BCUT2D eigenvalue weighted by Crippen LogP contribution is -2.28. The van der Waals surface area contributed by atoms with Crippen LogP contribution in [0.1, 0.15) is 16.8 Å². The molecule has 0 aliphatic carbocycles. The van der Waals surface area contributed by atoms with Gasteiger partial charge in [-0.1, -0.05) is 11.6 Å². The van der Waals surface area contributed by atoms with Crippen molar-refractivity contribution in [3.63, 3.8) is 0 Å². The van der Waals surface area contributed by atoms with Gasteiger partial charge in [0.2, 0.25) is 0 Å². The fourth-order valence-corrected chi connectivity index (χ4v) is 2.08. The van der Waals surface area contributed by atoms with Crippen LogP contribution in [0.3, 0.4) is 0 Å². The smallest absolute Gasteiger partial charge is 0.338 e. The van der Waals surface area contributed by atoms with Crippen molar-refractivity contribution in [3.8, 4) is 5.75 Å². The van der Waals surface area contributed by atoms with E-state index in [0.717, 1.165) is 12.5 Å². The number of methoxy groups -OCH3 is 1.